The smallest absolute Gasteiger partial charge is 0.270 e. The standard InChI is InChI=1S/C10H8FN3OS/c11-8-3-1-7(2-4-8)6-16-10-13-9(15)5-12-14-10/h1-5H,6H2,(H,13,14,15). The summed E-state index contributed by atoms with van der Waals surface area (Å²) < 4.78 is 12.6. The van der Waals surface area contributed by atoms with E-state index in [0.717, 1.165) is 11.8 Å². The van der Waals surface area contributed by atoms with Crippen LogP contribution in [-0.2, 0) is 5.75 Å². The number of hydrogen-bond acceptors (Lipinski definition) is 4. The highest BCUT2D eigenvalue weighted by Gasteiger charge is 1.99. The maximum Gasteiger partial charge on any atom is 0.270 e. The summed E-state index contributed by atoms with van der Waals surface area (Å²) in [6.07, 6.45) is 1.11. The Morgan fingerprint density at radius 3 is 2.75 bits per heavy atom. The highest BCUT2D eigenvalue weighted by atomic mass is 32.2. The second-order valence-corrected chi connectivity index (χ2v) is 4.02. The molecule has 0 aliphatic heterocycles. The Labute approximate surface area is 94.9 Å². The van der Waals surface area contributed by atoms with E-state index < -0.39 is 0 Å². The molecule has 6 heteroatoms. The first-order valence-corrected chi connectivity index (χ1v) is 5.52. The lowest BCUT2D eigenvalue weighted by Crippen LogP contribution is -2.07. The maximum absolute atomic E-state index is 12.6. The fourth-order valence-corrected chi connectivity index (χ4v) is 1.87. The van der Waals surface area contributed by atoms with Crippen LogP contribution < -0.4 is 5.56 Å². The van der Waals surface area contributed by atoms with Crippen molar-refractivity contribution in [3.05, 3.63) is 52.2 Å². The summed E-state index contributed by atoms with van der Waals surface area (Å²) in [7, 11) is 0. The van der Waals surface area contributed by atoms with Gasteiger partial charge in [0.2, 0.25) is 0 Å². The summed E-state index contributed by atoms with van der Waals surface area (Å²) >= 11 is 1.34. The molecule has 0 spiro atoms. The molecule has 0 saturated carbocycles. The zero-order valence-corrected chi connectivity index (χ0v) is 9.00. The summed E-state index contributed by atoms with van der Waals surface area (Å²) in [5.74, 6) is 0.344. The van der Waals surface area contributed by atoms with E-state index in [9.17, 15) is 9.18 Å². The van der Waals surface area contributed by atoms with Crippen LogP contribution in [0.3, 0.4) is 0 Å². The Hall–Kier alpha value is -1.69. The second kappa shape index (κ2) is 4.89. The topological polar surface area (TPSA) is 58.6 Å². The molecule has 0 aliphatic rings. The number of H-pyrrole nitrogens is 1. The van der Waals surface area contributed by atoms with Crippen LogP contribution in [0, 0.1) is 5.82 Å². The Balaban J connectivity index is 2.02. The van der Waals surface area contributed by atoms with Crippen LogP contribution in [0.2, 0.25) is 0 Å². The number of benzene rings is 1. The van der Waals surface area contributed by atoms with Gasteiger partial charge in [-0.15, -0.1) is 5.10 Å². The van der Waals surface area contributed by atoms with Gasteiger partial charge in [-0.1, -0.05) is 23.9 Å². The molecular weight excluding hydrogens is 229 g/mol. The normalized spacial score (nSPS) is 10.3. The number of nitrogens with zero attached hydrogens (tertiary/aromatic N) is 2. The van der Waals surface area contributed by atoms with E-state index in [1.165, 1.54) is 23.9 Å². The molecule has 16 heavy (non-hydrogen) atoms. The first-order valence-electron chi connectivity index (χ1n) is 4.53. The number of aromatic nitrogens is 3. The van der Waals surface area contributed by atoms with Gasteiger partial charge < -0.3 is 0 Å². The van der Waals surface area contributed by atoms with Crippen molar-refractivity contribution in [2.24, 2.45) is 0 Å². The van der Waals surface area contributed by atoms with Gasteiger partial charge in [0.05, 0.1) is 0 Å². The predicted octanol–water partition coefficient (Wildman–Crippen LogP) is 1.60. The lowest BCUT2D eigenvalue weighted by atomic mass is 10.2. The van der Waals surface area contributed by atoms with Gasteiger partial charge in [-0.05, 0) is 17.7 Å². The molecular formula is C10H8FN3OS. The van der Waals surface area contributed by atoms with E-state index in [-0.39, 0.29) is 11.4 Å². The number of aromatic amines is 1. The molecule has 0 fully saturated rings. The average Bonchev–Trinajstić information content (AvgIpc) is 2.28. The minimum Gasteiger partial charge on any atom is -0.299 e. The van der Waals surface area contributed by atoms with Crippen LogP contribution >= 0.6 is 11.8 Å². The fourth-order valence-electron chi connectivity index (χ4n) is 1.09. The monoisotopic (exact) mass is 237 g/mol. The lowest BCUT2D eigenvalue weighted by molar-refractivity contribution is 0.627. The van der Waals surface area contributed by atoms with Crippen molar-refractivity contribution < 1.29 is 4.39 Å². The molecule has 0 unspecified atom stereocenters. The molecule has 1 N–H and O–H groups in total. The largest absolute Gasteiger partial charge is 0.299 e. The van der Waals surface area contributed by atoms with E-state index in [4.69, 9.17) is 0 Å². The Morgan fingerprint density at radius 1 is 1.31 bits per heavy atom. The first kappa shape index (κ1) is 10.8. The number of hydrogen-bond donors (Lipinski definition) is 1. The van der Waals surface area contributed by atoms with Crippen LogP contribution in [0.4, 0.5) is 4.39 Å². The van der Waals surface area contributed by atoms with Crippen molar-refractivity contribution in [3.8, 4) is 0 Å². The summed E-state index contributed by atoms with van der Waals surface area (Å²) in [4.78, 5) is 13.5. The van der Waals surface area contributed by atoms with Crippen molar-refractivity contribution in [3.63, 3.8) is 0 Å². The van der Waals surface area contributed by atoms with Crippen molar-refractivity contribution in [2.75, 3.05) is 0 Å². The Bertz CT molecular complexity index is 526. The lowest BCUT2D eigenvalue weighted by Gasteiger charge is -1.99. The quantitative estimate of drug-likeness (QED) is 0.824. The van der Waals surface area contributed by atoms with Crippen molar-refractivity contribution >= 4 is 11.8 Å². The highest BCUT2D eigenvalue weighted by Crippen LogP contribution is 2.17. The third kappa shape index (κ3) is 2.90. The highest BCUT2D eigenvalue weighted by molar-refractivity contribution is 7.98. The van der Waals surface area contributed by atoms with E-state index >= 15 is 0 Å². The zero-order valence-electron chi connectivity index (χ0n) is 8.18. The van der Waals surface area contributed by atoms with Crippen molar-refractivity contribution in [2.45, 2.75) is 10.9 Å². The molecule has 0 aliphatic carbocycles. The number of nitrogens with one attached hydrogen (secondary N) is 1. The van der Waals surface area contributed by atoms with Crippen LogP contribution in [0.5, 0.6) is 0 Å². The molecule has 0 amide bonds. The maximum atomic E-state index is 12.6. The van der Waals surface area contributed by atoms with Crippen LogP contribution in [-0.4, -0.2) is 15.2 Å². The molecule has 0 radical (unpaired) electrons. The second-order valence-electron chi connectivity index (χ2n) is 3.05. The molecule has 4 nitrogen and oxygen atoms in total. The van der Waals surface area contributed by atoms with Gasteiger partial charge >= 0.3 is 0 Å². The van der Waals surface area contributed by atoms with E-state index in [1.54, 1.807) is 12.1 Å². The van der Waals surface area contributed by atoms with Crippen molar-refractivity contribution in [1.29, 1.82) is 0 Å². The molecule has 82 valence electrons. The average molecular weight is 237 g/mol. The Kier molecular flexibility index (Phi) is 3.31. The number of rotatable bonds is 3. The summed E-state index contributed by atoms with van der Waals surface area (Å²) in [5.41, 5.74) is 0.675. The van der Waals surface area contributed by atoms with Gasteiger partial charge in [0.1, 0.15) is 12.0 Å². The van der Waals surface area contributed by atoms with Gasteiger partial charge in [0, 0.05) is 5.75 Å². The SMILES string of the molecule is O=c1cnnc(SCc2ccc(F)cc2)[nH]1. The van der Waals surface area contributed by atoms with Crippen molar-refractivity contribution in [1.82, 2.24) is 15.2 Å². The summed E-state index contributed by atoms with van der Waals surface area (Å²) in [5, 5.41) is 7.75. The third-order valence-electron chi connectivity index (χ3n) is 1.84. The van der Waals surface area contributed by atoms with Gasteiger partial charge in [-0.2, -0.15) is 5.10 Å². The fraction of sp³-hybridized carbons (Fsp3) is 0.100. The Morgan fingerprint density at radius 2 is 2.06 bits per heavy atom. The molecule has 0 saturated heterocycles. The predicted molar refractivity (Wildman–Crippen MR) is 58.6 cm³/mol. The molecule has 0 atom stereocenters. The molecule has 2 aromatic rings. The van der Waals surface area contributed by atoms with Crippen LogP contribution in [0.1, 0.15) is 5.56 Å². The van der Waals surface area contributed by atoms with Gasteiger partial charge in [0.15, 0.2) is 5.16 Å². The minimum atomic E-state index is -0.281. The molecule has 2 rings (SSSR count). The van der Waals surface area contributed by atoms with Gasteiger partial charge in [0.25, 0.3) is 5.56 Å². The van der Waals surface area contributed by atoms with E-state index in [0.29, 0.717) is 10.9 Å². The number of thioether (sulfide) groups is 1. The van der Waals surface area contributed by atoms with Crippen LogP contribution in [0.25, 0.3) is 0 Å². The third-order valence-corrected chi connectivity index (χ3v) is 2.78. The summed E-state index contributed by atoms with van der Waals surface area (Å²) in [6.45, 7) is 0. The van der Waals surface area contributed by atoms with E-state index in [1.807, 2.05) is 0 Å². The summed E-state index contributed by atoms with van der Waals surface area (Å²) in [6, 6.07) is 6.18. The molecule has 1 heterocycles. The zero-order chi connectivity index (χ0) is 11.4. The van der Waals surface area contributed by atoms with Gasteiger partial charge in [-0.3, -0.25) is 9.78 Å². The minimum absolute atomic E-state index is 0.262. The molecule has 0 bridgehead atoms. The first-order chi connectivity index (χ1) is 7.74. The van der Waals surface area contributed by atoms with Crippen LogP contribution in [0.15, 0.2) is 40.4 Å². The van der Waals surface area contributed by atoms with E-state index in [2.05, 4.69) is 15.2 Å². The number of halogens is 1. The molecule has 1 aromatic carbocycles. The van der Waals surface area contributed by atoms with Gasteiger partial charge in [-0.25, -0.2) is 4.39 Å². The molecule has 1 aromatic heterocycles.